The third-order valence-electron chi connectivity index (χ3n) is 5.71. The number of hydrogen-bond donors (Lipinski definition) is 2. The van der Waals surface area contributed by atoms with E-state index in [1.807, 2.05) is 0 Å². The number of carbonyl (C=O) groups excluding carboxylic acids is 1. The van der Waals surface area contributed by atoms with Crippen molar-refractivity contribution in [1.29, 1.82) is 0 Å². The zero-order valence-corrected chi connectivity index (χ0v) is 16.5. The Morgan fingerprint density at radius 1 is 0.958 bits per heavy atom. The number of likely N-dealkylation sites (tertiary alicyclic amines) is 2. The summed E-state index contributed by atoms with van der Waals surface area (Å²) < 4.78 is 0. The first kappa shape index (κ1) is 22.0. The van der Waals surface area contributed by atoms with Crippen molar-refractivity contribution in [2.45, 2.75) is 63.1 Å². The predicted molar refractivity (Wildman–Crippen MR) is 103 cm³/mol. The number of nitrogens with one attached hydrogen (secondary N) is 2. The van der Waals surface area contributed by atoms with Gasteiger partial charge in [0, 0.05) is 25.2 Å². The third kappa shape index (κ3) is 6.03. The van der Waals surface area contributed by atoms with Gasteiger partial charge in [-0.05, 0) is 65.2 Å². The van der Waals surface area contributed by atoms with E-state index in [0.29, 0.717) is 6.04 Å². The summed E-state index contributed by atoms with van der Waals surface area (Å²) in [4.78, 5) is 17.4. The van der Waals surface area contributed by atoms with Crippen LogP contribution in [0.25, 0.3) is 0 Å². The summed E-state index contributed by atoms with van der Waals surface area (Å²) in [7, 11) is 2.22. The van der Waals surface area contributed by atoms with Crippen LogP contribution < -0.4 is 10.6 Å². The molecule has 0 aromatic carbocycles. The zero-order chi connectivity index (χ0) is 15.4. The Morgan fingerprint density at radius 3 is 2.21 bits per heavy atom. The van der Waals surface area contributed by atoms with Crippen molar-refractivity contribution < 1.29 is 4.79 Å². The number of nitrogens with zero attached hydrogens (tertiary/aromatic N) is 2. The molecule has 3 aliphatic heterocycles. The van der Waals surface area contributed by atoms with Gasteiger partial charge in [-0.15, -0.1) is 24.8 Å². The molecule has 142 valence electrons. The van der Waals surface area contributed by atoms with E-state index in [1.165, 1.54) is 38.8 Å². The van der Waals surface area contributed by atoms with E-state index >= 15 is 0 Å². The highest BCUT2D eigenvalue weighted by Crippen LogP contribution is 2.20. The SMILES string of the molecule is CN1CCC(N2CCC(NC(=O)C3CCCCN3)CC2)CC1.Cl.Cl. The quantitative estimate of drug-likeness (QED) is 0.781. The van der Waals surface area contributed by atoms with Crippen LogP contribution in [0.3, 0.4) is 0 Å². The van der Waals surface area contributed by atoms with Gasteiger partial charge in [-0.2, -0.15) is 0 Å². The maximum atomic E-state index is 12.3. The number of piperidine rings is 3. The highest BCUT2D eigenvalue weighted by atomic mass is 35.5. The number of amides is 1. The molecule has 7 heteroatoms. The third-order valence-corrected chi connectivity index (χ3v) is 5.71. The smallest absolute Gasteiger partial charge is 0.237 e. The Morgan fingerprint density at radius 2 is 1.62 bits per heavy atom. The summed E-state index contributed by atoms with van der Waals surface area (Å²) in [5, 5.41) is 6.63. The summed E-state index contributed by atoms with van der Waals surface area (Å²) >= 11 is 0. The van der Waals surface area contributed by atoms with E-state index in [0.717, 1.165) is 44.9 Å². The fourth-order valence-corrected chi connectivity index (χ4v) is 4.15. The first-order valence-electron chi connectivity index (χ1n) is 9.19. The van der Waals surface area contributed by atoms with Gasteiger partial charge < -0.3 is 20.4 Å². The zero-order valence-electron chi connectivity index (χ0n) is 14.8. The average molecular weight is 381 g/mol. The number of carbonyl (C=O) groups is 1. The lowest BCUT2D eigenvalue weighted by molar-refractivity contribution is -0.124. The Kier molecular flexibility index (Phi) is 9.90. The molecule has 5 nitrogen and oxygen atoms in total. The minimum atomic E-state index is 0. The molecule has 0 saturated carbocycles. The largest absolute Gasteiger partial charge is 0.352 e. The van der Waals surface area contributed by atoms with Gasteiger partial charge in [0.15, 0.2) is 0 Å². The summed E-state index contributed by atoms with van der Waals surface area (Å²) in [5.74, 6) is 0.234. The predicted octanol–water partition coefficient (Wildman–Crippen LogP) is 1.65. The lowest BCUT2D eigenvalue weighted by Crippen LogP contribution is -2.54. The molecule has 1 unspecified atom stereocenters. The maximum Gasteiger partial charge on any atom is 0.237 e. The molecule has 0 aromatic heterocycles. The Bertz CT molecular complexity index is 364. The van der Waals surface area contributed by atoms with Gasteiger partial charge in [-0.3, -0.25) is 4.79 Å². The van der Waals surface area contributed by atoms with E-state index in [2.05, 4.69) is 27.5 Å². The van der Waals surface area contributed by atoms with E-state index < -0.39 is 0 Å². The van der Waals surface area contributed by atoms with Gasteiger partial charge >= 0.3 is 0 Å². The fourth-order valence-electron chi connectivity index (χ4n) is 4.15. The second-order valence-electron chi connectivity index (χ2n) is 7.36. The average Bonchev–Trinajstić information content (AvgIpc) is 2.57. The topological polar surface area (TPSA) is 47.6 Å². The molecule has 3 rings (SSSR count). The molecule has 3 aliphatic rings. The molecule has 0 bridgehead atoms. The number of rotatable bonds is 3. The molecular weight excluding hydrogens is 347 g/mol. The Balaban J connectivity index is 0.00000144. The van der Waals surface area contributed by atoms with Gasteiger partial charge in [0.1, 0.15) is 0 Å². The van der Waals surface area contributed by atoms with Crippen LogP contribution in [-0.2, 0) is 4.79 Å². The van der Waals surface area contributed by atoms with Crippen LogP contribution in [0.5, 0.6) is 0 Å². The van der Waals surface area contributed by atoms with Gasteiger partial charge in [-0.1, -0.05) is 6.42 Å². The first-order chi connectivity index (χ1) is 10.7. The molecule has 24 heavy (non-hydrogen) atoms. The van der Waals surface area contributed by atoms with E-state index in [9.17, 15) is 4.79 Å². The molecule has 1 atom stereocenters. The van der Waals surface area contributed by atoms with E-state index in [-0.39, 0.29) is 36.8 Å². The molecule has 3 heterocycles. The molecule has 0 aliphatic carbocycles. The van der Waals surface area contributed by atoms with Crippen molar-refractivity contribution in [3.05, 3.63) is 0 Å². The minimum absolute atomic E-state index is 0. The first-order valence-corrected chi connectivity index (χ1v) is 9.19. The van der Waals surface area contributed by atoms with Gasteiger partial charge in [0.05, 0.1) is 6.04 Å². The summed E-state index contributed by atoms with van der Waals surface area (Å²) in [6.45, 7) is 5.75. The highest BCUT2D eigenvalue weighted by molar-refractivity contribution is 5.85. The standard InChI is InChI=1S/C17H32N4O.2ClH/c1-20-10-7-15(8-11-20)21-12-5-14(6-13-21)19-17(22)16-4-2-3-9-18-16;;/h14-16,18H,2-13H2,1H3,(H,19,22);2*1H. The number of hydrogen-bond acceptors (Lipinski definition) is 4. The normalized spacial score (nSPS) is 27.8. The molecule has 3 saturated heterocycles. The van der Waals surface area contributed by atoms with Crippen molar-refractivity contribution >= 4 is 30.7 Å². The molecule has 3 fully saturated rings. The molecular formula is C17H34Cl2N4O. The van der Waals surface area contributed by atoms with Gasteiger partial charge in [0.2, 0.25) is 5.91 Å². The summed E-state index contributed by atoms with van der Waals surface area (Å²) in [6, 6.07) is 1.22. The van der Waals surface area contributed by atoms with Gasteiger partial charge in [0.25, 0.3) is 0 Å². The molecule has 0 radical (unpaired) electrons. The lowest BCUT2D eigenvalue weighted by atomic mass is 9.97. The van der Waals surface area contributed by atoms with Crippen LogP contribution in [0, 0.1) is 0 Å². The van der Waals surface area contributed by atoms with Crippen LogP contribution >= 0.6 is 24.8 Å². The van der Waals surface area contributed by atoms with E-state index in [1.54, 1.807) is 0 Å². The van der Waals surface area contributed by atoms with Crippen LogP contribution in [0.1, 0.15) is 44.9 Å². The molecule has 1 amide bonds. The van der Waals surface area contributed by atoms with E-state index in [4.69, 9.17) is 0 Å². The minimum Gasteiger partial charge on any atom is -0.352 e. The monoisotopic (exact) mass is 380 g/mol. The van der Waals surface area contributed by atoms with Crippen molar-refractivity contribution in [3.63, 3.8) is 0 Å². The fraction of sp³-hybridized carbons (Fsp3) is 0.941. The van der Waals surface area contributed by atoms with Crippen molar-refractivity contribution in [3.8, 4) is 0 Å². The van der Waals surface area contributed by atoms with Crippen LogP contribution in [-0.4, -0.2) is 73.6 Å². The van der Waals surface area contributed by atoms with Crippen LogP contribution in [0.4, 0.5) is 0 Å². The van der Waals surface area contributed by atoms with Crippen molar-refractivity contribution in [2.24, 2.45) is 0 Å². The lowest BCUT2D eigenvalue weighted by Gasteiger charge is -2.41. The second-order valence-corrected chi connectivity index (χ2v) is 7.36. The Labute approximate surface area is 159 Å². The molecule has 2 N–H and O–H groups in total. The maximum absolute atomic E-state index is 12.3. The van der Waals surface area contributed by atoms with Gasteiger partial charge in [-0.25, -0.2) is 0 Å². The van der Waals surface area contributed by atoms with Crippen LogP contribution in [0.2, 0.25) is 0 Å². The molecule has 0 aromatic rings. The summed E-state index contributed by atoms with van der Waals surface area (Å²) in [6.07, 6.45) is 8.23. The molecule has 0 spiro atoms. The summed E-state index contributed by atoms with van der Waals surface area (Å²) in [5.41, 5.74) is 0. The number of halogens is 2. The highest BCUT2D eigenvalue weighted by Gasteiger charge is 2.29. The second kappa shape index (κ2) is 10.8. The van der Waals surface area contributed by atoms with Crippen molar-refractivity contribution in [2.75, 3.05) is 39.8 Å². The van der Waals surface area contributed by atoms with Crippen molar-refractivity contribution in [1.82, 2.24) is 20.4 Å². The van der Waals surface area contributed by atoms with Crippen LogP contribution in [0.15, 0.2) is 0 Å². The Hall–Kier alpha value is -0.0700.